The van der Waals surface area contributed by atoms with Crippen molar-refractivity contribution in [2.45, 2.75) is 45.1 Å². The molecular weight excluding hydrogens is 386 g/mol. The number of amides is 4. The summed E-state index contributed by atoms with van der Waals surface area (Å²) in [5.41, 5.74) is 0.406. The number of urea groups is 1. The lowest BCUT2D eigenvalue weighted by Crippen LogP contribution is -2.49. The first kappa shape index (κ1) is 19.9. The zero-order valence-corrected chi connectivity index (χ0v) is 17.0. The summed E-state index contributed by atoms with van der Waals surface area (Å²) in [5, 5.41) is 5.55. The molecule has 4 rings (SSSR count). The van der Waals surface area contributed by atoms with Crippen LogP contribution in [-0.2, 0) is 9.59 Å². The Morgan fingerprint density at radius 2 is 1.90 bits per heavy atom. The molecule has 0 bridgehead atoms. The molecule has 0 radical (unpaired) electrons. The Bertz CT molecular complexity index is 1060. The highest BCUT2D eigenvalue weighted by Crippen LogP contribution is 2.36. The molecule has 2 aliphatic rings. The number of aromatic amines is 1. The highest BCUT2D eigenvalue weighted by atomic mass is 16.2. The molecular formula is C21H25N5O4. The van der Waals surface area contributed by atoms with Crippen molar-refractivity contribution in [2.75, 3.05) is 11.9 Å². The Labute approximate surface area is 173 Å². The minimum absolute atomic E-state index is 0.322. The average molecular weight is 411 g/mol. The Balaban J connectivity index is 1.51. The normalized spacial score (nSPS) is 23.7. The van der Waals surface area contributed by atoms with E-state index < -0.39 is 17.5 Å². The van der Waals surface area contributed by atoms with E-state index in [1.807, 2.05) is 0 Å². The predicted octanol–water partition coefficient (Wildman–Crippen LogP) is 1.91. The fourth-order valence-electron chi connectivity index (χ4n) is 4.28. The number of benzene rings is 1. The van der Waals surface area contributed by atoms with Gasteiger partial charge in [-0.15, -0.1) is 0 Å². The maximum atomic E-state index is 12.9. The molecule has 1 aliphatic carbocycles. The Morgan fingerprint density at radius 1 is 1.20 bits per heavy atom. The van der Waals surface area contributed by atoms with Crippen molar-refractivity contribution in [1.82, 2.24) is 19.8 Å². The van der Waals surface area contributed by atoms with Gasteiger partial charge in [0.2, 0.25) is 5.91 Å². The number of nitrogens with zero attached hydrogens (tertiary/aromatic N) is 2. The minimum atomic E-state index is -0.878. The molecule has 2 heterocycles. The van der Waals surface area contributed by atoms with E-state index in [0.29, 0.717) is 35.8 Å². The maximum Gasteiger partial charge on any atom is 0.330 e. The van der Waals surface area contributed by atoms with Crippen LogP contribution in [0.1, 0.15) is 38.3 Å². The van der Waals surface area contributed by atoms with E-state index >= 15 is 0 Å². The highest BCUT2D eigenvalue weighted by Gasteiger charge is 2.52. The summed E-state index contributed by atoms with van der Waals surface area (Å²) >= 11 is 0. The molecule has 0 unspecified atom stereocenters. The summed E-state index contributed by atoms with van der Waals surface area (Å²) in [6, 6.07) is 6.34. The van der Waals surface area contributed by atoms with E-state index in [4.69, 9.17) is 0 Å². The largest absolute Gasteiger partial charge is 0.330 e. The SMILES string of the molecule is Cc1c[nH]c(=O)n1-c1ccccc1NC(=O)CN1C(=O)NC2(CCC(C)CC2)C1=O. The first-order chi connectivity index (χ1) is 14.3. The van der Waals surface area contributed by atoms with Crippen LogP contribution in [0.15, 0.2) is 35.3 Å². The molecule has 0 atom stereocenters. The zero-order chi connectivity index (χ0) is 21.5. The monoisotopic (exact) mass is 411 g/mol. The third-order valence-electron chi connectivity index (χ3n) is 6.05. The number of carbonyl (C=O) groups excluding carboxylic acids is 3. The van der Waals surface area contributed by atoms with Crippen LogP contribution in [0.4, 0.5) is 10.5 Å². The Hall–Kier alpha value is -3.36. The van der Waals surface area contributed by atoms with E-state index in [1.165, 1.54) is 4.57 Å². The van der Waals surface area contributed by atoms with Gasteiger partial charge in [-0.25, -0.2) is 9.59 Å². The number of aryl methyl sites for hydroxylation is 1. The molecule has 2 fully saturated rings. The first-order valence-electron chi connectivity index (χ1n) is 10.1. The van der Waals surface area contributed by atoms with Gasteiger partial charge in [0.1, 0.15) is 12.1 Å². The van der Waals surface area contributed by atoms with Crippen LogP contribution in [0.25, 0.3) is 5.69 Å². The third-order valence-corrected chi connectivity index (χ3v) is 6.05. The quantitative estimate of drug-likeness (QED) is 0.667. The van der Waals surface area contributed by atoms with Crippen LogP contribution >= 0.6 is 0 Å². The minimum Gasteiger partial charge on any atom is -0.323 e. The highest BCUT2D eigenvalue weighted by molar-refractivity contribution is 6.10. The number of hydrogen-bond donors (Lipinski definition) is 3. The predicted molar refractivity (Wildman–Crippen MR) is 110 cm³/mol. The lowest BCUT2D eigenvalue weighted by Gasteiger charge is -2.33. The van der Waals surface area contributed by atoms with Gasteiger partial charge in [0, 0.05) is 11.9 Å². The van der Waals surface area contributed by atoms with E-state index in [9.17, 15) is 19.2 Å². The number of imide groups is 1. The standard InChI is InChI=1S/C21H25N5O4/c1-13-7-9-21(10-8-13)18(28)25(20(30)24-21)12-17(27)23-15-5-3-4-6-16(15)26-14(2)11-22-19(26)29/h3-6,11,13H,7-10,12H2,1-2H3,(H,22,29)(H,23,27)(H,24,30). The Morgan fingerprint density at radius 3 is 2.57 bits per heavy atom. The van der Waals surface area contributed by atoms with Gasteiger partial charge >= 0.3 is 11.7 Å². The smallest absolute Gasteiger partial charge is 0.323 e. The summed E-state index contributed by atoms with van der Waals surface area (Å²) in [6.07, 6.45) is 4.50. The fraction of sp³-hybridized carbons (Fsp3) is 0.429. The number of imidazole rings is 1. The lowest BCUT2D eigenvalue weighted by atomic mass is 9.77. The summed E-state index contributed by atoms with van der Waals surface area (Å²) < 4.78 is 1.45. The van der Waals surface area contributed by atoms with Crippen LogP contribution in [0, 0.1) is 12.8 Å². The molecule has 9 heteroatoms. The van der Waals surface area contributed by atoms with Gasteiger partial charge in [-0.3, -0.25) is 19.1 Å². The van der Waals surface area contributed by atoms with Crippen molar-refractivity contribution in [3.05, 3.63) is 46.6 Å². The molecule has 1 aromatic carbocycles. The van der Waals surface area contributed by atoms with Crippen LogP contribution in [0.3, 0.4) is 0 Å². The molecule has 1 saturated heterocycles. The summed E-state index contributed by atoms with van der Waals surface area (Å²) in [6.45, 7) is 3.53. The number of carbonyl (C=O) groups is 3. The number of hydrogen-bond acceptors (Lipinski definition) is 4. The molecule has 3 N–H and O–H groups in total. The average Bonchev–Trinajstić information content (AvgIpc) is 3.16. The van der Waals surface area contributed by atoms with E-state index in [0.717, 1.165) is 17.7 Å². The van der Waals surface area contributed by atoms with Crippen LogP contribution in [0.2, 0.25) is 0 Å². The van der Waals surface area contributed by atoms with Crippen LogP contribution in [0.5, 0.6) is 0 Å². The van der Waals surface area contributed by atoms with Crippen LogP contribution < -0.4 is 16.3 Å². The topological polar surface area (TPSA) is 116 Å². The Kier molecular flexibility index (Phi) is 4.97. The zero-order valence-electron chi connectivity index (χ0n) is 17.0. The summed E-state index contributed by atoms with van der Waals surface area (Å²) in [5.74, 6) is -0.316. The van der Waals surface area contributed by atoms with Gasteiger partial charge in [-0.2, -0.15) is 0 Å². The third kappa shape index (κ3) is 3.40. The van der Waals surface area contributed by atoms with E-state index in [2.05, 4.69) is 22.5 Å². The summed E-state index contributed by atoms with van der Waals surface area (Å²) in [4.78, 5) is 53.8. The van der Waals surface area contributed by atoms with Gasteiger partial charge in [-0.1, -0.05) is 19.1 Å². The number of aromatic nitrogens is 2. The molecule has 158 valence electrons. The number of nitrogens with one attached hydrogen (secondary N) is 3. The second kappa shape index (κ2) is 7.47. The number of anilines is 1. The van der Waals surface area contributed by atoms with Gasteiger partial charge in [0.15, 0.2) is 0 Å². The van der Waals surface area contributed by atoms with Crippen molar-refractivity contribution in [1.29, 1.82) is 0 Å². The fourth-order valence-corrected chi connectivity index (χ4v) is 4.28. The second-order valence-electron chi connectivity index (χ2n) is 8.22. The molecule has 2 aromatic rings. The molecule has 1 spiro atoms. The van der Waals surface area contributed by atoms with Crippen molar-refractivity contribution in [2.24, 2.45) is 5.92 Å². The first-order valence-corrected chi connectivity index (χ1v) is 10.1. The van der Waals surface area contributed by atoms with Crippen molar-refractivity contribution in [3.63, 3.8) is 0 Å². The second-order valence-corrected chi connectivity index (χ2v) is 8.22. The van der Waals surface area contributed by atoms with Crippen molar-refractivity contribution >= 4 is 23.5 Å². The van der Waals surface area contributed by atoms with Crippen molar-refractivity contribution in [3.8, 4) is 5.69 Å². The van der Waals surface area contributed by atoms with E-state index in [1.54, 1.807) is 37.4 Å². The molecule has 30 heavy (non-hydrogen) atoms. The number of para-hydroxylation sites is 2. The van der Waals surface area contributed by atoms with Gasteiger partial charge in [0.05, 0.1) is 11.4 Å². The van der Waals surface area contributed by atoms with E-state index in [-0.39, 0.29) is 18.1 Å². The van der Waals surface area contributed by atoms with Gasteiger partial charge in [-0.05, 0) is 50.7 Å². The molecule has 1 aliphatic heterocycles. The van der Waals surface area contributed by atoms with Crippen LogP contribution in [-0.4, -0.2) is 44.4 Å². The van der Waals surface area contributed by atoms with Gasteiger partial charge < -0.3 is 15.6 Å². The molecule has 1 saturated carbocycles. The molecule has 4 amide bonds. The number of rotatable bonds is 4. The maximum absolute atomic E-state index is 12.9. The van der Waals surface area contributed by atoms with Crippen molar-refractivity contribution < 1.29 is 14.4 Å². The molecule has 1 aromatic heterocycles. The summed E-state index contributed by atoms with van der Waals surface area (Å²) in [7, 11) is 0. The van der Waals surface area contributed by atoms with Gasteiger partial charge in [0.25, 0.3) is 5.91 Å². The molecule has 9 nitrogen and oxygen atoms in total. The lowest BCUT2D eigenvalue weighted by molar-refractivity contribution is -0.135. The number of H-pyrrole nitrogens is 1.